The van der Waals surface area contributed by atoms with E-state index in [0.717, 1.165) is 0 Å². The maximum atomic E-state index is 10.9. The van der Waals surface area contributed by atoms with E-state index < -0.39 is 18.1 Å². The summed E-state index contributed by atoms with van der Waals surface area (Å²) in [5.41, 5.74) is -0.211. The topological polar surface area (TPSA) is 70.0 Å². The summed E-state index contributed by atoms with van der Waals surface area (Å²) in [6.07, 6.45) is -0.221. The highest BCUT2D eigenvalue weighted by Crippen LogP contribution is 2.18. The third kappa shape index (κ3) is 4.08. The van der Waals surface area contributed by atoms with Gasteiger partial charge < -0.3 is 14.9 Å². The number of aliphatic hydroxyl groups excluding tert-OH is 1. The van der Waals surface area contributed by atoms with Gasteiger partial charge in [0.2, 0.25) is 0 Å². The molecule has 1 fully saturated rings. The molecule has 16 heavy (non-hydrogen) atoms. The van der Waals surface area contributed by atoms with Crippen LogP contribution in [0, 0.1) is 0 Å². The molecular formula is C11H21NO4. The van der Waals surface area contributed by atoms with Crippen molar-refractivity contribution in [1.29, 1.82) is 0 Å². The van der Waals surface area contributed by atoms with Crippen molar-refractivity contribution in [3.05, 3.63) is 0 Å². The Hall–Kier alpha value is -0.650. The van der Waals surface area contributed by atoms with E-state index in [0.29, 0.717) is 26.1 Å². The lowest BCUT2D eigenvalue weighted by molar-refractivity contribution is -0.142. The molecular weight excluding hydrogens is 210 g/mol. The summed E-state index contributed by atoms with van der Waals surface area (Å²) in [6.45, 7) is 7.33. The van der Waals surface area contributed by atoms with Crippen molar-refractivity contribution in [3.8, 4) is 0 Å². The maximum absolute atomic E-state index is 10.9. The summed E-state index contributed by atoms with van der Waals surface area (Å²) in [5, 5.41) is 18.4. The second kappa shape index (κ2) is 5.12. The molecule has 1 heterocycles. The zero-order valence-corrected chi connectivity index (χ0v) is 10.1. The number of hydrogen-bond acceptors (Lipinski definition) is 4. The molecule has 5 nitrogen and oxygen atoms in total. The number of likely N-dealkylation sites (tertiary alicyclic amines) is 1. The molecule has 1 aliphatic rings. The van der Waals surface area contributed by atoms with Crippen molar-refractivity contribution in [1.82, 2.24) is 4.90 Å². The third-order valence-electron chi connectivity index (χ3n) is 2.58. The van der Waals surface area contributed by atoms with E-state index in [-0.39, 0.29) is 5.60 Å². The summed E-state index contributed by atoms with van der Waals surface area (Å²) >= 11 is 0. The van der Waals surface area contributed by atoms with E-state index in [1.54, 1.807) is 4.90 Å². The number of rotatable bonds is 4. The Morgan fingerprint density at radius 3 is 2.62 bits per heavy atom. The number of ether oxygens (including phenoxy) is 1. The van der Waals surface area contributed by atoms with Gasteiger partial charge in [-0.3, -0.25) is 9.69 Å². The zero-order valence-electron chi connectivity index (χ0n) is 10.1. The number of carboxylic acids is 1. The van der Waals surface area contributed by atoms with Crippen LogP contribution in [-0.2, 0) is 9.53 Å². The third-order valence-corrected chi connectivity index (χ3v) is 2.58. The van der Waals surface area contributed by atoms with Crippen LogP contribution in [0.15, 0.2) is 0 Å². The summed E-state index contributed by atoms with van der Waals surface area (Å²) < 4.78 is 5.54. The van der Waals surface area contributed by atoms with Gasteiger partial charge in [-0.25, -0.2) is 0 Å². The number of aliphatic hydroxyl groups is 1. The fourth-order valence-corrected chi connectivity index (χ4v) is 1.85. The minimum Gasteiger partial charge on any atom is -0.480 e. The summed E-state index contributed by atoms with van der Waals surface area (Å²) in [5.74, 6) is -0.868. The van der Waals surface area contributed by atoms with Gasteiger partial charge >= 0.3 is 5.97 Å². The standard InChI is InChI=1S/C11H21NO4/c1-11(2,3)16-5-4-12-7-8(13)6-9(12)10(14)15/h8-9,13H,4-7H2,1-3H3,(H,14,15). The normalized spacial score (nSPS) is 27.2. The van der Waals surface area contributed by atoms with E-state index in [1.165, 1.54) is 0 Å². The van der Waals surface area contributed by atoms with Crippen molar-refractivity contribution < 1.29 is 19.7 Å². The maximum Gasteiger partial charge on any atom is 0.321 e. The predicted octanol–water partition coefficient (Wildman–Crippen LogP) is 0.321. The molecule has 2 unspecified atom stereocenters. The van der Waals surface area contributed by atoms with Crippen LogP contribution in [-0.4, -0.2) is 58.5 Å². The Kier molecular flexibility index (Phi) is 4.29. The number of hydrogen-bond donors (Lipinski definition) is 2. The van der Waals surface area contributed by atoms with E-state index in [2.05, 4.69) is 0 Å². The second-order valence-corrected chi connectivity index (χ2v) is 5.20. The van der Waals surface area contributed by atoms with Crippen molar-refractivity contribution >= 4 is 5.97 Å². The smallest absolute Gasteiger partial charge is 0.321 e. The van der Waals surface area contributed by atoms with Gasteiger partial charge in [0.25, 0.3) is 0 Å². The fraction of sp³-hybridized carbons (Fsp3) is 0.909. The second-order valence-electron chi connectivity index (χ2n) is 5.20. The number of aliphatic carboxylic acids is 1. The van der Waals surface area contributed by atoms with Crippen LogP contribution < -0.4 is 0 Å². The van der Waals surface area contributed by atoms with E-state index in [9.17, 15) is 9.90 Å². The average molecular weight is 231 g/mol. The monoisotopic (exact) mass is 231 g/mol. The first kappa shape index (κ1) is 13.4. The van der Waals surface area contributed by atoms with Crippen LogP contribution >= 0.6 is 0 Å². The Labute approximate surface area is 96.0 Å². The first-order chi connectivity index (χ1) is 7.29. The highest BCUT2D eigenvalue weighted by molar-refractivity contribution is 5.74. The predicted molar refractivity (Wildman–Crippen MR) is 59.3 cm³/mol. The Morgan fingerprint density at radius 2 is 2.12 bits per heavy atom. The Bertz CT molecular complexity index is 249. The zero-order chi connectivity index (χ0) is 12.3. The molecule has 0 radical (unpaired) electrons. The highest BCUT2D eigenvalue weighted by atomic mass is 16.5. The van der Waals surface area contributed by atoms with Gasteiger partial charge in [-0.2, -0.15) is 0 Å². The summed E-state index contributed by atoms with van der Waals surface area (Å²) in [7, 11) is 0. The van der Waals surface area contributed by atoms with Crippen LogP contribution in [0.3, 0.4) is 0 Å². The molecule has 1 aliphatic heterocycles. The lowest BCUT2D eigenvalue weighted by Crippen LogP contribution is -2.39. The molecule has 5 heteroatoms. The van der Waals surface area contributed by atoms with Crippen LogP contribution in [0.2, 0.25) is 0 Å². The number of nitrogens with zero attached hydrogens (tertiary/aromatic N) is 1. The molecule has 2 atom stereocenters. The number of β-amino-alcohol motifs (C(OH)–C–C–N with tert-alkyl or cyclic N) is 1. The molecule has 0 aromatic rings. The quantitative estimate of drug-likeness (QED) is 0.729. The van der Waals surface area contributed by atoms with Gasteiger partial charge in [-0.15, -0.1) is 0 Å². The van der Waals surface area contributed by atoms with Crippen LogP contribution in [0.1, 0.15) is 27.2 Å². The first-order valence-electron chi connectivity index (χ1n) is 5.58. The summed E-state index contributed by atoms with van der Waals surface area (Å²) in [4.78, 5) is 12.7. The molecule has 94 valence electrons. The lowest BCUT2D eigenvalue weighted by atomic mass is 10.2. The van der Waals surface area contributed by atoms with Crippen molar-refractivity contribution in [2.75, 3.05) is 19.7 Å². The van der Waals surface area contributed by atoms with Crippen LogP contribution in [0.25, 0.3) is 0 Å². The molecule has 0 saturated carbocycles. The largest absolute Gasteiger partial charge is 0.480 e. The van der Waals surface area contributed by atoms with Crippen molar-refractivity contribution in [2.24, 2.45) is 0 Å². The molecule has 0 spiro atoms. The highest BCUT2D eigenvalue weighted by Gasteiger charge is 2.35. The minimum atomic E-state index is -0.868. The first-order valence-corrected chi connectivity index (χ1v) is 5.58. The van der Waals surface area contributed by atoms with E-state index in [1.807, 2.05) is 20.8 Å². The Morgan fingerprint density at radius 1 is 1.50 bits per heavy atom. The number of carbonyl (C=O) groups is 1. The lowest BCUT2D eigenvalue weighted by Gasteiger charge is -2.24. The van der Waals surface area contributed by atoms with Crippen LogP contribution in [0.4, 0.5) is 0 Å². The van der Waals surface area contributed by atoms with Gasteiger partial charge in [-0.05, 0) is 20.8 Å². The van der Waals surface area contributed by atoms with Crippen molar-refractivity contribution in [2.45, 2.75) is 44.9 Å². The number of carboxylic acid groups (broad SMARTS) is 1. The van der Waals surface area contributed by atoms with Gasteiger partial charge in [0, 0.05) is 19.5 Å². The average Bonchev–Trinajstić information content (AvgIpc) is 2.44. The molecule has 1 saturated heterocycles. The SMILES string of the molecule is CC(C)(C)OCCN1CC(O)CC1C(=O)O. The van der Waals surface area contributed by atoms with Gasteiger partial charge in [-0.1, -0.05) is 0 Å². The molecule has 0 aliphatic carbocycles. The molecule has 0 amide bonds. The van der Waals surface area contributed by atoms with Gasteiger partial charge in [0.15, 0.2) is 0 Å². The van der Waals surface area contributed by atoms with Gasteiger partial charge in [0.05, 0.1) is 18.3 Å². The molecule has 0 aromatic carbocycles. The molecule has 2 N–H and O–H groups in total. The van der Waals surface area contributed by atoms with Crippen molar-refractivity contribution in [3.63, 3.8) is 0 Å². The van der Waals surface area contributed by atoms with Crippen LogP contribution in [0.5, 0.6) is 0 Å². The molecule has 1 rings (SSSR count). The van der Waals surface area contributed by atoms with E-state index in [4.69, 9.17) is 9.84 Å². The van der Waals surface area contributed by atoms with Gasteiger partial charge in [0.1, 0.15) is 6.04 Å². The fourth-order valence-electron chi connectivity index (χ4n) is 1.85. The minimum absolute atomic E-state index is 0.211. The molecule has 0 bridgehead atoms. The molecule has 0 aromatic heterocycles. The van der Waals surface area contributed by atoms with E-state index >= 15 is 0 Å². The Balaban J connectivity index is 2.38. The summed E-state index contributed by atoms with van der Waals surface area (Å²) in [6, 6.07) is -0.571.